The van der Waals surface area contributed by atoms with E-state index in [4.69, 9.17) is 10.8 Å². The van der Waals surface area contributed by atoms with Crippen molar-refractivity contribution in [2.45, 2.75) is 4.99 Å². The summed E-state index contributed by atoms with van der Waals surface area (Å²) in [4.78, 5) is 19.0. The topological polar surface area (TPSA) is 101 Å². The smallest absolute Gasteiger partial charge is 0.340 e. The van der Waals surface area contributed by atoms with Crippen molar-refractivity contribution in [3.8, 4) is 0 Å². The van der Waals surface area contributed by atoms with Crippen molar-refractivity contribution in [3.05, 3.63) is 53.9 Å². The van der Waals surface area contributed by atoms with Gasteiger partial charge in [0.2, 0.25) is 4.99 Å². The van der Waals surface area contributed by atoms with Crippen LogP contribution in [0, 0.1) is 0 Å². The van der Waals surface area contributed by atoms with Crippen molar-refractivity contribution < 1.29 is 9.90 Å². The molecule has 0 bridgehead atoms. The van der Waals surface area contributed by atoms with Gasteiger partial charge in [-0.15, -0.1) is 11.8 Å². The Kier molecular flexibility index (Phi) is 3.50. The molecule has 2 heterocycles. The highest BCUT2D eigenvalue weighted by Gasteiger charge is 2.35. The first kappa shape index (κ1) is 14.4. The van der Waals surface area contributed by atoms with Crippen LogP contribution in [-0.2, 0) is 9.79 Å². The average Bonchev–Trinajstić information content (AvgIpc) is 2.53. The largest absolute Gasteiger partial charge is 0.478 e. The van der Waals surface area contributed by atoms with Crippen LogP contribution < -0.4 is 11.1 Å². The first-order chi connectivity index (χ1) is 10.6. The molecule has 0 saturated heterocycles. The van der Waals surface area contributed by atoms with Crippen LogP contribution in [0.25, 0.3) is 10.9 Å². The predicted octanol–water partition coefficient (Wildman–Crippen LogP) is 1.64. The van der Waals surface area contributed by atoms with Crippen LogP contribution in [0.5, 0.6) is 0 Å². The number of pyridine rings is 1. The van der Waals surface area contributed by atoms with Gasteiger partial charge in [0.05, 0.1) is 5.52 Å². The number of aliphatic carboxylic acids is 1. The van der Waals surface area contributed by atoms with E-state index in [1.807, 2.05) is 36.6 Å². The molecule has 0 aliphatic carbocycles. The Hall–Kier alpha value is -2.54. The third-order valence-corrected chi connectivity index (χ3v) is 4.51. The van der Waals surface area contributed by atoms with Crippen molar-refractivity contribution in [2.75, 3.05) is 6.26 Å². The minimum atomic E-state index is -1.11. The summed E-state index contributed by atoms with van der Waals surface area (Å²) in [6.45, 7) is 0. The molecule has 0 fully saturated rings. The number of rotatable bonds is 3. The number of para-hydroxylation sites is 1. The van der Waals surface area contributed by atoms with Gasteiger partial charge >= 0.3 is 5.97 Å². The number of aromatic nitrogens is 1. The Morgan fingerprint density at radius 1 is 1.41 bits per heavy atom. The minimum absolute atomic E-state index is 0.00578. The van der Waals surface area contributed by atoms with Gasteiger partial charge in [-0.1, -0.05) is 18.2 Å². The maximum absolute atomic E-state index is 11.1. The van der Waals surface area contributed by atoms with Crippen molar-refractivity contribution >= 4 is 34.5 Å². The van der Waals surface area contributed by atoms with Crippen LogP contribution in [-0.4, -0.2) is 28.2 Å². The Bertz CT molecular complexity index is 818. The van der Waals surface area contributed by atoms with Gasteiger partial charge in [-0.05, 0) is 18.4 Å². The monoisotopic (exact) mass is 314 g/mol. The predicted molar refractivity (Wildman–Crippen MR) is 87.4 cm³/mol. The second-order valence-corrected chi connectivity index (χ2v) is 5.77. The molecule has 1 aromatic carbocycles. The van der Waals surface area contributed by atoms with Crippen molar-refractivity contribution in [1.82, 2.24) is 10.3 Å². The first-order valence-corrected chi connectivity index (χ1v) is 7.75. The SMILES string of the molecule is CSC1(c2cnc3ccccc3c2)N=C(N)C(C(=O)O)=CN1. The zero-order valence-electron chi connectivity index (χ0n) is 11.8. The maximum atomic E-state index is 11.1. The third-order valence-electron chi connectivity index (χ3n) is 3.47. The number of hydrogen-bond donors (Lipinski definition) is 3. The van der Waals surface area contributed by atoms with E-state index in [1.165, 1.54) is 18.0 Å². The van der Waals surface area contributed by atoms with E-state index in [2.05, 4.69) is 15.3 Å². The molecular weight excluding hydrogens is 300 g/mol. The molecule has 1 aliphatic rings. The molecule has 6 nitrogen and oxygen atoms in total. The molecule has 1 unspecified atom stereocenters. The highest BCUT2D eigenvalue weighted by molar-refractivity contribution is 7.99. The molecule has 1 aliphatic heterocycles. The fraction of sp³-hybridized carbons (Fsp3) is 0.133. The molecule has 7 heteroatoms. The summed E-state index contributed by atoms with van der Waals surface area (Å²) >= 11 is 1.42. The molecule has 3 rings (SSSR count). The van der Waals surface area contributed by atoms with Crippen LogP contribution in [0.4, 0.5) is 0 Å². The number of nitrogens with zero attached hydrogens (tertiary/aromatic N) is 2. The van der Waals surface area contributed by atoms with Gasteiger partial charge in [0.1, 0.15) is 11.4 Å². The van der Waals surface area contributed by atoms with Crippen molar-refractivity contribution in [2.24, 2.45) is 10.7 Å². The molecule has 0 spiro atoms. The van der Waals surface area contributed by atoms with E-state index in [-0.39, 0.29) is 11.4 Å². The molecular formula is C15H14N4O2S. The van der Waals surface area contributed by atoms with Crippen molar-refractivity contribution in [1.29, 1.82) is 0 Å². The third kappa shape index (κ3) is 2.29. The Balaban J connectivity index is 2.09. The number of carboxylic acid groups (broad SMARTS) is 1. The fourth-order valence-electron chi connectivity index (χ4n) is 2.30. The highest BCUT2D eigenvalue weighted by atomic mass is 32.2. The molecule has 0 radical (unpaired) electrons. The summed E-state index contributed by atoms with van der Waals surface area (Å²) in [7, 11) is 0. The van der Waals surface area contributed by atoms with Crippen molar-refractivity contribution in [3.63, 3.8) is 0 Å². The van der Waals surface area contributed by atoms with Crippen LogP contribution in [0.3, 0.4) is 0 Å². The summed E-state index contributed by atoms with van der Waals surface area (Å²) < 4.78 is 0. The van der Waals surface area contributed by atoms with E-state index in [9.17, 15) is 4.79 Å². The summed E-state index contributed by atoms with van der Waals surface area (Å²) in [5.74, 6) is -1.12. The molecule has 1 atom stereocenters. The lowest BCUT2D eigenvalue weighted by molar-refractivity contribution is -0.132. The minimum Gasteiger partial charge on any atom is -0.478 e. The molecule has 2 aromatic rings. The summed E-state index contributed by atoms with van der Waals surface area (Å²) in [5, 5.41) is 13.1. The molecule has 0 amide bonds. The van der Waals surface area contributed by atoms with Gasteiger partial charge in [-0.25, -0.2) is 9.79 Å². The lowest BCUT2D eigenvalue weighted by atomic mass is 10.1. The van der Waals surface area contributed by atoms with Gasteiger partial charge in [0, 0.05) is 23.3 Å². The maximum Gasteiger partial charge on any atom is 0.340 e. The first-order valence-electron chi connectivity index (χ1n) is 6.53. The number of nitrogens with one attached hydrogen (secondary N) is 1. The highest BCUT2D eigenvalue weighted by Crippen LogP contribution is 2.36. The van der Waals surface area contributed by atoms with Crippen LogP contribution in [0.2, 0.25) is 0 Å². The normalized spacial score (nSPS) is 21.0. The second-order valence-electron chi connectivity index (χ2n) is 4.77. The molecule has 4 N–H and O–H groups in total. The van der Waals surface area contributed by atoms with E-state index >= 15 is 0 Å². The Morgan fingerprint density at radius 2 is 2.18 bits per heavy atom. The average molecular weight is 314 g/mol. The fourth-order valence-corrected chi connectivity index (χ4v) is 3.02. The number of amidine groups is 1. The van der Waals surface area contributed by atoms with E-state index in [0.717, 1.165) is 16.5 Å². The van der Waals surface area contributed by atoms with Gasteiger partial charge in [-0.3, -0.25) is 4.98 Å². The van der Waals surface area contributed by atoms with Crippen LogP contribution in [0.15, 0.2) is 53.3 Å². The Morgan fingerprint density at radius 3 is 2.86 bits per heavy atom. The Labute approximate surface area is 131 Å². The number of nitrogens with two attached hydrogens (primary N) is 1. The van der Waals surface area contributed by atoms with Gasteiger partial charge in [0.25, 0.3) is 0 Å². The zero-order valence-corrected chi connectivity index (χ0v) is 12.6. The molecule has 112 valence electrons. The number of benzene rings is 1. The summed E-state index contributed by atoms with van der Waals surface area (Å²) in [5.41, 5.74) is 7.46. The second kappa shape index (κ2) is 5.34. The quantitative estimate of drug-likeness (QED) is 0.796. The summed E-state index contributed by atoms with van der Waals surface area (Å²) in [6.07, 6.45) is 4.98. The zero-order chi connectivity index (χ0) is 15.7. The standard InChI is InChI=1S/C15H14N4O2S/c1-22-15(18-8-11(14(20)21)13(16)19-15)10-6-9-4-2-3-5-12(9)17-7-10/h2-8,18H,1H3,(H2,16,19)(H,20,21). The lowest BCUT2D eigenvalue weighted by Gasteiger charge is -2.32. The van der Waals surface area contributed by atoms with E-state index in [0.29, 0.717) is 0 Å². The number of aliphatic imine (C=N–C) groups is 1. The van der Waals surface area contributed by atoms with Gasteiger partial charge < -0.3 is 16.2 Å². The van der Waals surface area contributed by atoms with Gasteiger partial charge in [0.15, 0.2) is 0 Å². The lowest BCUT2D eigenvalue weighted by Crippen LogP contribution is -2.42. The molecule has 0 saturated carbocycles. The number of hydrogen-bond acceptors (Lipinski definition) is 6. The number of carboxylic acids is 1. The number of carbonyl (C=O) groups is 1. The summed E-state index contributed by atoms with van der Waals surface area (Å²) in [6, 6.07) is 9.74. The molecule has 22 heavy (non-hydrogen) atoms. The molecule has 1 aromatic heterocycles. The number of thioether (sulfide) groups is 1. The van der Waals surface area contributed by atoms with Crippen LogP contribution in [0.1, 0.15) is 5.56 Å². The number of fused-ring (bicyclic) bond motifs is 1. The van der Waals surface area contributed by atoms with Gasteiger partial charge in [-0.2, -0.15) is 0 Å². The van der Waals surface area contributed by atoms with E-state index in [1.54, 1.807) is 6.20 Å². The van der Waals surface area contributed by atoms with Crippen LogP contribution >= 0.6 is 11.8 Å². The van der Waals surface area contributed by atoms with E-state index < -0.39 is 11.0 Å².